The lowest BCUT2D eigenvalue weighted by Crippen LogP contribution is -2.42. The number of nitrogens with zero attached hydrogens (tertiary/aromatic N) is 3. The second-order valence-corrected chi connectivity index (χ2v) is 5.33. The summed E-state index contributed by atoms with van der Waals surface area (Å²) in [5, 5.41) is 6.74. The third kappa shape index (κ3) is 3.24. The molecule has 2 aromatic heterocycles. The van der Waals surface area contributed by atoms with Gasteiger partial charge in [0.2, 0.25) is 5.89 Å². The second-order valence-electron chi connectivity index (χ2n) is 5.33. The SMILES string of the molecule is Cc1nc(C(C)NC(=O)N(Cc2ccoc2)C2CC2)no1. The molecule has 1 atom stereocenters. The number of rotatable bonds is 5. The summed E-state index contributed by atoms with van der Waals surface area (Å²) in [5.41, 5.74) is 0.986. The van der Waals surface area contributed by atoms with Crippen molar-refractivity contribution < 1.29 is 13.7 Å². The summed E-state index contributed by atoms with van der Waals surface area (Å²) in [7, 11) is 0. The monoisotopic (exact) mass is 290 g/mol. The first kappa shape index (κ1) is 13.7. The number of hydrogen-bond donors (Lipinski definition) is 1. The number of aryl methyl sites for hydroxylation is 1. The van der Waals surface area contributed by atoms with Crippen LogP contribution in [0.25, 0.3) is 0 Å². The van der Waals surface area contributed by atoms with Gasteiger partial charge in [-0.05, 0) is 25.8 Å². The van der Waals surface area contributed by atoms with Crippen LogP contribution in [0.2, 0.25) is 0 Å². The Morgan fingerprint density at radius 3 is 2.95 bits per heavy atom. The Hall–Kier alpha value is -2.31. The number of furan rings is 1. The second kappa shape index (κ2) is 5.59. The molecule has 1 saturated carbocycles. The Morgan fingerprint density at radius 2 is 2.38 bits per heavy atom. The van der Waals surface area contributed by atoms with Crippen molar-refractivity contribution >= 4 is 6.03 Å². The zero-order valence-corrected chi connectivity index (χ0v) is 12.1. The van der Waals surface area contributed by atoms with Gasteiger partial charge in [0.25, 0.3) is 0 Å². The van der Waals surface area contributed by atoms with Crippen molar-refractivity contribution in [2.45, 2.75) is 45.3 Å². The maximum absolute atomic E-state index is 12.4. The predicted molar refractivity (Wildman–Crippen MR) is 73.3 cm³/mol. The van der Waals surface area contributed by atoms with E-state index in [0.29, 0.717) is 24.3 Å². The summed E-state index contributed by atoms with van der Waals surface area (Å²) < 4.78 is 9.99. The van der Waals surface area contributed by atoms with E-state index in [1.54, 1.807) is 19.5 Å². The van der Waals surface area contributed by atoms with Gasteiger partial charge in [-0.1, -0.05) is 5.16 Å². The lowest BCUT2D eigenvalue weighted by molar-refractivity contribution is 0.188. The van der Waals surface area contributed by atoms with E-state index in [2.05, 4.69) is 15.5 Å². The number of aromatic nitrogens is 2. The lowest BCUT2D eigenvalue weighted by Gasteiger charge is -2.23. The minimum atomic E-state index is -0.291. The lowest BCUT2D eigenvalue weighted by atomic mass is 10.3. The number of carbonyl (C=O) groups excluding carboxylic acids is 1. The van der Waals surface area contributed by atoms with Crippen LogP contribution in [-0.4, -0.2) is 27.1 Å². The molecule has 2 aromatic rings. The average molecular weight is 290 g/mol. The third-order valence-corrected chi connectivity index (χ3v) is 3.45. The van der Waals surface area contributed by atoms with Gasteiger partial charge in [-0.3, -0.25) is 0 Å². The van der Waals surface area contributed by atoms with Gasteiger partial charge in [0.15, 0.2) is 5.82 Å². The number of hydrogen-bond acceptors (Lipinski definition) is 5. The Bertz CT molecular complexity index is 604. The molecule has 1 aliphatic rings. The molecule has 3 rings (SSSR count). The minimum Gasteiger partial charge on any atom is -0.472 e. The van der Waals surface area contributed by atoms with E-state index in [0.717, 1.165) is 18.4 Å². The van der Waals surface area contributed by atoms with Crippen LogP contribution in [0, 0.1) is 6.92 Å². The van der Waals surface area contributed by atoms with E-state index in [4.69, 9.17) is 8.94 Å². The molecule has 1 fully saturated rings. The quantitative estimate of drug-likeness (QED) is 0.914. The fourth-order valence-corrected chi connectivity index (χ4v) is 2.16. The first-order chi connectivity index (χ1) is 10.1. The molecule has 21 heavy (non-hydrogen) atoms. The summed E-state index contributed by atoms with van der Waals surface area (Å²) in [4.78, 5) is 18.4. The van der Waals surface area contributed by atoms with Gasteiger partial charge in [0.05, 0.1) is 25.1 Å². The molecule has 7 heteroatoms. The minimum absolute atomic E-state index is 0.117. The number of urea groups is 1. The largest absolute Gasteiger partial charge is 0.472 e. The fraction of sp³-hybridized carbons (Fsp3) is 0.500. The normalized spacial score (nSPS) is 15.7. The molecule has 112 valence electrons. The summed E-state index contributed by atoms with van der Waals surface area (Å²) in [6, 6.07) is 1.77. The van der Waals surface area contributed by atoms with Crippen molar-refractivity contribution in [1.29, 1.82) is 0 Å². The maximum Gasteiger partial charge on any atom is 0.318 e. The van der Waals surface area contributed by atoms with Gasteiger partial charge in [0.1, 0.15) is 0 Å². The molecular formula is C14H18N4O3. The molecule has 1 N–H and O–H groups in total. The fourth-order valence-electron chi connectivity index (χ4n) is 2.16. The molecule has 0 bridgehead atoms. The van der Waals surface area contributed by atoms with E-state index >= 15 is 0 Å². The van der Waals surface area contributed by atoms with Crippen molar-refractivity contribution in [3.63, 3.8) is 0 Å². The van der Waals surface area contributed by atoms with Gasteiger partial charge in [-0.25, -0.2) is 4.79 Å². The van der Waals surface area contributed by atoms with Gasteiger partial charge in [-0.15, -0.1) is 0 Å². The van der Waals surface area contributed by atoms with Crippen molar-refractivity contribution in [3.8, 4) is 0 Å². The van der Waals surface area contributed by atoms with E-state index < -0.39 is 0 Å². The topological polar surface area (TPSA) is 84.4 Å². The van der Waals surface area contributed by atoms with Crippen molar-refractivity contribution in [2.24, 2.45) is 0 Å². The zero-order chi connectivity index (χ0) is 14.8. The average Bonchev–Trinajstić information content (AvgIpc) is 2.98. The van der Waals surface area contributed by atoms with Crippen LogP contribution in [0.4, 0.5) is 4.79 Å². The highest BCUT2D eigenvalue weighted by atomic mass is 16.5. The molecule has 0 spiro atoms. The van der Waals surface area contributed by atoms with Gasteiger partial charge in [0, 0.05) is 18.5 Å². The van der Waals surface area contributed by atoms with E-state index in [1.807, 2.05) is 17.9 Å². The Balaban J connectivity index is 1.64. The van der Waals surface area contributed by atoms with Gasteiger partial charge < -0.3 is 19.2 Å². The Labute approximate surface area is 122 Å². The van der Waals surface area contributed by atoms with Crippen LogP contribution in [0.15, 0.2) is 27.5 Å². The van der Waals surface area contributed by atoms with E-state index in [-0.39, 0.29) is 12.1 Å². The summed E-state index contributed by atoms with van der Waals surface area (Å²) in [5.74, 6) is 0.975. The van der Waals surface area contributed by atoms with E-state index in [9.17, 15) is 4.79 Å². The standard InChI is InChI=1S/C14H18N4O3/c1-9(13-16-10(2)21-17-13)15-14(19)18(12-3-4-12)7-11-5-6-20-8-11/h5-6,8-9,12H,3-4,7H2,1-2H3,(H,15,19). The highest BCUT2D eigenvalue weighted by molar-refractivity contribution is 5.75. The zero-order valence-electron chi connectivity index (χ0n) is 12.1. The number of nitrogens with one attached hydrogen (secondary N) is 1. The molecule has 2 heterocycles. The maximum atomic E-state index is 12.4. The molecule has 7 nitrogen and oxygen atoms in total. The summed E-state index contributed by atoms with van der Waals surface area (Å²) >= 11 is 0. The smallest absolute Gasteiger partial charge is 0.318 e. The molecule has 2 amide bonds. The van der Waals surface area contributed by atoms with Crippen molar-refractivity contribution in [1.82, 2.24) is 20.4 Å². The molecule has 0 aliphatic heterocycles. The highest BCUT2D eigenvalue weighted by Gasteiger charge is 2.33. The van der Waals surface area contributed by atoms with Crippen LogP contribution in [0.5, 0.6) is 0 Å². The molecule has 1 unspecified atom stereocenters. The van der Waals surface area contributed by atoms with Crippen LogP contribution < -0.4 is 5.32 Å². The highest BCUT2D eigenvalue weighted by Crippen LogP contribution is 2.28. The van der Waals surface area contributed by atoms with Gasteiger partial charge >= 0.3 is 6.03 Å². The molecule has 0 aromatic carbocycles. The van der Waals surface area contributed by atoms with Crippen LogP contribution in [-0.2, 0) is 6.54 Å². The van der Waals surface area contributed by atoms with E-state index in [1.165, 1.54) is 0 Å². The third-order valence-electron chi connectivity index (χ3n) is 3.45. The summed E-state index contributed by atoms with van der Waals surface area (Å²) in [6.45, 7) is 4.11. The Kier molecular flexibility index (Phi) is 3.64. The Morgan fingerprint density at radius 1 is 1.57 bits per heavy atom. The first-order valence-electron chi connectivity index (χ1n) is 7.02. The first-order valence-corrected chi connectivity index (χ1v) is 7.02. The molecule has 1 aliphatic carbocycles. The molecular weight excluding hydrogens is 272 g/mol. The molecule has 0 saturated heterocycles. The predicted octanol–water partition coefficient (Wildman–Crippen LogP) is 2.41. The van der Waals surface area contributed by atoms with Crippen LogP contribution in [0.3, 0.4) is 0 Å². The number of carbonyl (C=O) groups is 1. The molecule has 0 radical (unpaired) electrons. The van der Waals surface area contributed by atoms with Crippen molar-refractivity contribution in [3.05, 3.63) is 35.9 Å². The van der Waals surface area contributed by atoms with Crippen LogP contribution >= 0.6 is 0 Å². The van der Waals surface area contributed by atoms with Crippen molar-refractivity contribution in [2.75, 3.05) is 0 Å². The summed E-state index contributed by atoms with van der Waals surface area (Å²) in [6.07, 6.45) is 5.36. The number of amides is 2. The van der Waals surface area contributed by atoms with Crippen LogP contribution in [0.1, 0.15) is 43.1 Å². The van der Waals surface area contributed by atoms with Gasteiger partial charge in [-0.2, -0.15) is 4.98 Å².